The summed E-state index contributed by atoms with van der Waals surface area (Å²) < 4.78 is 11.8. The first-order valence-corrected chi connectivity index (χ1v) is 11.1. The molecule has 0 bridgehead atoms. The first-order chi connectivity index (χ1) is 14.9. The lowest BCUT2D eigenvalue weighted by molar-refractivity contribution is -0.380. The number of nitrogens with zero attached hydrogens (tertiary/aromatic N) is 4. The van der Waals surface area contributed by atoms with Crippen LogP contribution in [0.15, 0.2) is 30.3 Å². The molecule has 0 N–H and O–H groups in total. The van der Waals surface area contributed by atoms with Gasteiger partial charge in [0.05, 0.1) is 15.1 Å². The molecule has 0 aliphatic carbocycles. The molecule has 0 atom stereocenters. The SMILES string of the molecule is CN(C)CCCN(C(=O)C=Cc1ccc([N+](=O)[O-])s1)c1nc2cc3c(cc2s1)OCO3. The summed E-state index contributed by atoms with van der Waals surface area (Å²) >= 11 is 2.44. The number of hydrogen-bond donors (Lipinski definition) is 0. The number of carbonyl (C=O) groups is 1. The third-order valence-electron chi connectivity index (χ3n) is 4.54. The van der Waals surface area contributed by atoms with Crippen LogP contribution in [0, 0.1) is 10.1 Å². The highest BCUT2D eigenvalue weighted by Gasteiger charge is 2.21. The van der Waals surface area contributed by atoms with E-state index >= 15 is 0 Å². The highest BCUT2D eigenvalue weighted by Crippen LogP contribution is 2.40. The maximum Gasteiger partial charge on any atom is 0.324 e. The quantitative estimate of drug-likeness (QED) is 0.285. The van der Waals surface area contributed by atoms with Gasteiger partial charge in [-0.2, -0.15) is 0 Å². The number of benzene rings is 1. The molecule has 0 saturated carbocycles. The van der Waals surface area contributed by atoms with Crippen molar-refractivity contribution in [3.8, 4) is 11.5 Å². The molecule has 0 radical (unpaired) electrons. The molecule has 3 aromatic rings. The summed E-state index contributed by atoms with van der Waals surface area (Å²) in [5.74, 6) is 1.09. The molecule has 0 saturated heterocycles. The van der Waals surface area contributed by atoms with E-state index in [1.54, 1.807) is 17.0 Å². The molecule has 0 unspecified atom stereocenters. The molecule has 1 aliphatic rings. The lowest BCUT2D eigenvalue weighted by atomic mass is 10.3. The molecule has 31 heavy (non-hydrogen) atoms. The van der Waals surface area contributed by atoms with Crippen molar-refractivity contribution < 1.29 is 19.2 Å². The number of anilines is 1. The topological polar surface area (TPSA) is 98.0 Å². The van der Waals surface area contributed by atoms with Gasteiger partial charge in [0.1, 0.15) is 0 Å². The number of fused-ring (bicyclic) bond motifs is 2. The van der Waals surface area contributed by atoms with E-state index in [-0.39, 0.29) is 17.7 Å². The Bertz CT molecular complexity index is 1110. The molecule has 1 aromatic carbocycles. The number of hydrogen-bond acceptors (Lipinski definition) is 9. The van der Waals surface area contributed by atoms with Gasteiger partial charge in [0.2, 0.25) is 6.79 Å². The zero-order chi connectivity index (χ0) is 22.0. The number of rotatable bonds is 8. The van der Waals surface area contributed by atoms with Crippen LogP contribution in [0.25, 0.3) is 16.3 Å². The fourth-order valence-corrected chi connectivity index (χ4v) is 4.77. The number of thiophene rings is 1. The number of amides is 1. The van der Waals surface area contributed by atoms with Gasteiger partial charge in [-0.1, -0.05) is 22.7 Å². The van der Waals surface area contributed by atoms with E-state index in [1.807, 2.05) is 26.2 Å². The minimum Gasteiger partial charge on any atom is -0.454 e. The summed E-state index contributed by atoms with van der Waals surface area (Å²) in [6.45, 7) is 1.52. The Kier molecular flexibility index (Phi) is 6.16. The number of nitro groups is 1. The van der Waals surface area contributed by atoms with Crippen LogP contribution in [0.5, 0.6) is 11.5 Å². The van der Waals surface area contributed by atoms with E-state index in [0.717, 1.165) is 34.5 Å². The summed E-state index contributed by atoms with van der Waals surface area (Å²) in [5.41, 5.74) is 0.743. The van der Waals surface area contributed by atoms with Crippen LogP contribution in [0.2, 0.25) is 0 Å². The molecule has 1 amide bonds. The van der Waals surface area contributed by atoms with Crippen molar-refractivity contribution in [2.24, 2.45) is 0 Å². The van der Waals surface area contributed by atoms with Gasteiger partial charge in [-0.3, -0.25) is 19.8 Å². The van der Waals surface area contributed by atoms with Crippen LogP contribution in [0.3, 0.4) is 0 Å². The molecular weight excluding hydrogens is 440 g/mol. The van der Waals surface area contributed by atoms with Crippen molar-refractivity contribution in [3.05, 3.63) is 45.3 Å². The van der Waals surface area contributed by atoms with Gasteiger partial charge in [0, 0.05) is 35.7 Å². The Morgan fingerprint density at radius 3 is 2.71 bits per heavy atom. The summed E-state index contributed by atoms with van der Waals surface area (Å²) in [6.07, 6.45) is 3.81. The molecule has 1 aliphatic heterocycles. The van der Waals surface area contributed by atoms with E-state index in [4.69, 9.17) is 9.47 Å². The fourth-order valence-electron chi connectivity index (χ4n) is 3.04. The van der Waals surface area contributed by atoms with Gasteiger partial charge in [-0.25, -0.2) is 4.98 Å². The number of carbonyl (C=O) groups excluding carboxylic acids is 1. The predicted molar refractivity (Wildman–Crippen MR) is 121 cm³/mol. The van der Waals surface area contributed by atoms with Crippen molar-refractivity contribution in [2.75, 3.05) is 38.9 Å². The first kappa shape index (κ1) is 21.2. The van der Waals surface area contributed by atoms with Crippen molar-refractivity contribution in [1.29, 1.82) is 0 Å². The minimum atomic E-state index is -0.441. The van der Waals surface area contributed by atoms with Crippen LogP contribution in [-0.2, 0) is 4.79 Å². The van der Waals surface area contributed by atoms with E-state index in [9.17, 15) is 14.9 Å². The molecular formula is C20H20N4O5S2. The van der Waals surface area contributed by atoms with Crippen LogP contribution < -0.4 is 14.4 Å². The average Bonchev–Trinajstić information content (AvgIpc) is 3.45. The predicted octanol–water partition coefficient (Wildman–Crippen LogP) is 3.99. The molecule has 2 aromatic heterocycles. The number of aromatic nitrogens is 1. The van der Waals surface area contributed by atoms with Crippen molar-refractivity contribution in [1.82, 2.24) is 9.88 Å². The van der Waals surface area contributed by atoms with Crippen LogP contribution in [0.4, 0.5) is 10.1 Å². The monoisotopic (exact) mass is 460 g/mol. The molecule has 0 spiro atoms. The fraction of sp³-hybridized carbons (Fsp3) is 0.300. The highest BCUT2D eigenvalue weighted by atomic mass is 32.1. The largest absolute Gasteiger partial charge is 0.454 e. The van der Waals surface area contributed by atoms with Crippen molar-refractivity contribution in [3.63, 3.8) is 0 Å². The van der Waals surface area contributed by atoms with Gasteiger partial charge in [-0.05, 0) is 39.2 Å². The zero-order valence-electron chi connectivity index (χ0n) is 16.9. The van der Waals surface area contributed by atoms with Gasteiger partial charge in [-0.15, -0.1) is 0 Å². The molecule has 9 nitrogen and oxygen atoms in total. The van der Waals surface area contributed by atoms with Crippen LogP contribution >= 0.6 is 22.7 Å². The van der Waals surface area contributed by atoms with E-state index < -0.39 is 4.92 Å². The zero-order valence-corrected chi connectivity index (χ0v) is 18.6. The van der Waals surface area contributed by atoms with E-state index in [1.165, 1.54) is 23.5 Å². The van der Waals surface area contributed by atoms with Gasteiger partial charge >= 0.3 is 5.00 Å². The van der Waals surface area contributed by atoms with Crippen molar-refractivity contribution in [2.45, 2.75) is 6.42 Å². The van der Waals surface area contributed by atoms with Gasteiger partial charge < -0.3 is 14.4 Å². The lowest BCUT2D eigenvalue weighted by Gasteiger charge is -2.19. The minimum absolute atomic E-state index is 0.0404. The smallest absolute Gasteiger partial charge is 0.324 e. The van der Waals surface area contributed by atoms with Gasteiger partial charge in [0.15, 0.2) is 16.6 Å². The van der Waals surface area contributed by atoms with Crippen LogP contribution in [0.1, 0.15) is 11.3 Å². The second-order valence-corrected chi connectivity index (χ2v) is 9.19. The normalized spacial score (nSPS) is 12.9. The molecule has 4 rings (SSSR count). The Labute approximate surface area is 186 Å². The van der Waals surface area contributed by atoms with E-state index in [0.29, 0.717) is 28.1 Å². The third kappa shape index (κ3) is 4.84. The molecule has 3 heterocycles. The Morgan fingerprint density at radius 1 is 1.23 bits per heavy atom. The maximum absolute atomic E-state index is 13.0. The average molecular weight is 461 g/mol. The number of ether oxygens (including phenoxy) is 2. The molecule has 11 heteroatoms. The third-order valence-corrected chi connectivity index (χ3v) is 6.58. The van der Waals surface area contributed by atoms with Crippen LogP contribution in [-0.4, -0.2) is 54.7 Å². The Balaban J connectivity index is 1.58. The highest BCUT2D eigenvalue weighted by molar-refractivity contribution is 7.22. The Morgan fingerprint density at radius 2 is 2.00 bits per heavy atom. The maximum atomic E-state index is 13.0. The van der Waals surface area contributed by atoms with Gasteiger partial charge in [0.25, 0.3) is 5.91 Å². The molecule has 0 fully saturated rings. The number of thiazole rings is 1. The first-order valence-electron chi connectivity index (χ1n) is 9.49. The summed E-state index contributed by atoms with van der Waals surface area (Å²) in [5, 5.41) is 11.5. The molecule has 162 valence electrons. The standard InChI is InChI=1S/C20H20N4O5S2/c1-22(2)8-3-9-23(18(25)6-4-13-5-7-19(30-13)24(26)27)20-21-14-10-15-16(29-12-28-15)11-17(14)31-20/h4-7,10-11H,3,8-9,12H2,1-2H3. The summed E-state index contributed by atoms with van der Waals surface area (Å²) in [4.78, 5) is 32.4. The second kappa shape index (κ2) is 9.00. The lowest BCUT2D eigenvalue weighted by Crippen LogP contribution is -2.32. The summed E-state index contributed by atoms with van der Waals surface area (Å²) in [6, 6.07) is 6.76. The van der Waals surface area contributed by atoms with E-state index in [2.05, 4.69) is 9.88 Å². The Hall–Kier alpha value is -3.02. The summed E-state index contributed by atoms with van der Waals surface area (Å²) in [7, 11) is 3.96. The second-order valence-electron chi connectivity index (χ2n) is 7.08. The van der Waals surface area contributed by atoms with Crippen molar-refractivity contribution >= 4 is 55.0 Å².